The minimum absolute atomic E-state index is 0.0988. The molecule has 0 unspecified atom stereocenters. The van der Waals surface area contributed by atoms with Crippen LogP contribution in [0, 0.1) is 0 Å². The molecule has 2 aromatic carbocycles. The van der Waals surface area contributed by atoms with Gasteiger partial charge in [0.25, 0.3) is 0 Å². The van der Waals surface area contributed by atoms with E-state index in [1.165, 1.54) is 0 Å². The van der Waals surface area contributed by atoms with Gasteiger partial charge in [0.15, 0.2) is 0 Å². The molecule has 0 heterocycles. The number of nitrogens with two attached hydrogens (primary N) is 1. The Morgan fingerprint density at radius 1 is 1.15 bits per heavy atom. The number of benzene rings is 2. The SMILES string of the molecule is CN(C)c1cccc(-c2cc(N)ccc2NCCO)c1. The molecule has 106 valence electrons. The van der Waals surface area contributed by atoms with Crippen molar-refractivity contribution in [1.29, 1.82) is 0 Å². The Hall–Kier alpha value is -2.20. The van der Waals surface area contributed by atoms with Gasteiger partial charge >= 0.3 is 0 Å². The Morgan fingerprint density at radius 3 is 2.65 bits per heavy atom. The second-order valence-electron chi connectivity index (χ2n) is 4.90. The molecule has 2 aromatic rings. The lowest BCUT2D eigenvalue weighted by Crippen LogP contribution is -2.09. The van der Waals surface area contributed by atoms with Gasteiger partial charge in [0.2, 0.25) is 0 Å². The number of nitrogen functional groups attached to an aromatic ring is 1. The van der Waals surface area contributed by atoms with Gasteiger partial charge in [-0.25, -0.2) is 0 Å². The molecule has 4 nitrogen and oxygen atoms in total. The Balaban J connectivity index is 2.44. The van der Waals surface area contributed by atoms with Crippen LogP contribution >= 0.6 is 0 Å². The van der Waals surface area contributed by atoms with Crippen molar-refractivity contribution in [3.63, 3.8) is 0 Å². The fourth-order valence-electron chi connectivity index (χ4n) is 2.10. The van der Waals surface area contributed by atoms with Crippen LogP contribution in [-0.2, 0) is 0 Å². The van der Waals surface area contributed by atoms with Crippen LogP contribution in [0.15, 0.2) is 42.5 Å². The zero-order chi connectivity index (χ0) is 14.5. The minimum Gasteiger partial charge on any atom is -0.399 e. The van der Waals surface area contributed by atoms with Crippen molar-refractivity contribution in [2.24, 2.45) is 0 Å². The number of nitrogens with one attached hydrogen (secondary N) is 1. The Morgan fingerprint density at radius 2 is 1.95 bits per heavy atom. The molecule has 20 heavy (non-hydrogen) atoms. The van der Waals surface area contributed by atoms with Crippen molar-refractivity contribution in [1.82, 2.24) is 0 Å². The van der Waals surface area contributed by atoms with Gasteiger partial charge in [-0.2, -0.15) is 0 Å². The first kappa shape index (κ1) is 14.2. The predicted molar refractivity (Wildman–Crippen MR) is 86.2 cm³/mol. The van der Waals surface area contributed by atoms with Crippen molar-refractivity contribution in [3.8, 4) is 11.1 Å². The van der Waals surface area contributed by atoms with E-state index in [1.807, 2.05) is 38.4 Å². The molecule has 0 amide bonds. The van der Waals surface area contributed by atoms with Crippen LogP contribution in [0.1, 0.15) is 0 Å². The van der Waals surface area contributed by atoms with E-state index in [9.17, 15) is 0 Å². The summed E-state index contributed by atoms with van der Waals surface area (Å²) in [6, 6.07) is 14.0. The highest BCUT2D eigenvalue weighted by Crippen LogP contribution is 2.32. The molecule has 0 saturated heterocycles. The molecule has 0 aromatic heterocycles. The van der Waals surface area contributed by atoms with Crippen molar-refractivity contribution >= 4 is 17.1 Å². The van der Waals surface area contributed by atoms with E-state index in [4.69, 9.17) is 10.8 Å². The van der Waals surface area contributed by atoms with Crippen molar-refractivity contribution in [2.45, 2.75) is 0 Å². The largest absolute Gasteiger partial charge is 0.399 e. The minimum atomic E-state index is 0.0988. The van der Waals surface area contributed by atoms with Crippen LogP contribution in [-0.4, -0.2) is 32.4 Å². The third kappa shape index (κ3) is 3.22. The topological polar surface area (TPSA) is 61.5 Å². The molecular weight excluding hydrogens is 250 g/mol. The summed E-state index contributed by atoms with van der Waals surface area (Å²) in [6.45, 7) is 0.617. The van der Waals surface area contributed by atoms with Gasteiger partial charge in [-0.05, 0) is 35.9 Å². The lowest BCUT2D eigenvalue weighted by Gasteiger charge is -2.16. The van der Waals surface area contributed by atoms with Gasteiger partial charge in [0.05, 0.1) is 6.61 Å². The van der Waals surface area contributed by atoms with Crippen LogP contribution in [0.2, 0.25) is 0 Å². The average Bonchev–Trinajstić information content (AvgIpc) is 2.46. The van der Waals surface area contributed by atoms with Crippen LogP contribution in [0.5, 0.6) is 0 Å². The Kier molecular flexibility index (Phi) is 4.48. The molecule has 0 spiro atoms. The summed E-state index contributed by atoms with van der Waals surface area (Å²) in [5.41, 5.74) is 10.9. The number of aliphatic hydroxyl groups excluding tert-OH is 1. The molecule has 0 atom stereocenters. The first-order valence-corrected chi connectivity index (χ1v) is 6.64. The van der Waals surface area contributed by atoms with Gasteiger partial charge in [0.1, 0.15) is 0 Å². The zero-order valence-corrected chi connectivity index (χ0v) is 11.9. The van der Waals surface area contributed by atoms with Gasteiger partial charge < -0.3 is 21.1 Å². The molecule has 4 heteroatoms. The van der Waals surface area contributed by atoms with Crippen molar-refractivity contribution < 1.29 is 5.11 Å². The lowest BCUT2D eigenvalue weighted by atomic mass is 10.0. The fraction of sp³-hybridized carbons (Fsp3) is 0.250. The highest BCUT2D eigenvalue weighted by atomic mass is 16.3. The van der Waals surface area contributed by atoms with Crippen LogP contribution in [0.3, 0.4) is 0 Å². The lowest BCUT2D eigenvalue weighted by molar-refractivity contribution is 0.311. The average molecular weight is 271 g/mol. The van der Waals surface area contributed by atoms with E-state index in [-0.39, 0.29) is 6.61 Å². The number of aliphatic hydroxyl groups is 1. The molecule has 4 N–H and O–H groups in total. The summed E-state index contributed by atoms with van der Waals surface area (Å²) >= 11 is 0. The highest BCUT2D eigenvalue weighted by Gasteiger charge is 2.07. The van der Waals surface area contributed by atoms with Crippen LogP contribution in [0.4, 0.5) is 17.1 Å². The number of rotatable bonds is 5. The second kappa shape index (κ2) is 6.30. The molecule has 0 fully saturated rings. The molecule has 0 aliphatic rings. The molecule has 0 aliphatic heterocycles. The number of nitrogens with zero attached hydrogens (tertiary/aromatic N) is 1. The Bertz CT molecular complexity index is 582. The Labute approximate surface area is 119 Å². The quantitative estimate of drug-likeness (QED) is 0.731. The van der Waals surface area contributed by atoms with E-state index in [2.05, 4.69) is 28.4 Å². The van der Waals surface area contributed by atoms with E-state index < -0.39 is 0 Å². The maximum absolute atomic E-state index is 8.97. The summed E-state index contributed by atoms with van der Waals surface area (Å²) in [6.07, 6.45) is 0. The molecule has 0 saturated carbocycles. The first-order chi connectivity index (χ1) is 9.61. The standard InChI is InChI=1S/C16H21N3O/c1-19(2)14-5-3-4-12(10-14)15-11-13(17)6-7-16(15)18-8-9-20/h3-7,10-11,18,20H,8-9,17H2,1-2H3. The van der Waals surface area contributed by atoms with E-state index in [1.54, 1.807) is 0 Å². The molecule has 0 aliphatic carbocycles. The maximum atomic E-state index is 8.97. The van der Waals surface area contributed by atoms with Gasteiger partial charge in [-0.15, -0.1) is 0 Å². The van der Waals surface area contributed by atoms with Gasteiger partial charge in [-0.1, -0.05) is 12.1 Å². The third-order valence-corrected chi connectivity index (χ3v) is 3.14. The van der Waals surface area contributed by atoms with E-state index >= 15 is 0 Å². The van der Waals surface area contributed by atoms with Crippen LogP contribution in [0.25, 0.3) is 11.1 Å². The zero-order valence-electron chi connectivity index (χ0n) is 11.9. The molecule has 0 radical (unpaired) electrons. The number of hydrogen-bond acceptors (Lipinski definition) is 4. The van der Waals surface area contributed by atoms with E-state index in [0.717, 1.165) is 28.2 Å². The summed E-state index contributed by atoms with van der Waals surface area (Å²) < 4.78 is 0. The number of anilines is 3. The summed E-state index contributed by atoms with van der Waals surface area (Å²) in [5.74, 6) is 0. The third-order valence-electron chi connectivity index (χ3n) is 3.14. The summed E-state index contributed by atoms with van der Waals surface area (Å²) in [4.78, 5) is 2.07. The first-order valence-electron chi connectivity index (χ1n) is 6.64. The van der Waals surface area contributed by atoms with Crippen LogP contribution < -0.4 is 16.0 Å². The number of hydrogen-bond donors (Lipinski definition) is 3. The normalized spacial score (nSPS) is 10.3. The van der Waals surface area contributed by atoms with E-state index in [0.29, 0.717) is 6.54 Å². The smallest absolute Gasteiger partial charge is 0.0604 e. The molecular formula is C16H21N3O. The van der Waals surface area contributed by atoms with Gasteiger partial charge in [-0.3, -0.25) is 0 Å². The highest BCUT2D eigenvalue weighted by molar-refractivity contribution is 5.82. The van der Waals surface area contributed by atoms with Crippen molar-refractivity contribution in [3.05, 3.63) is 42.5 Å². The summed E-state index contributed by atoms with van der Waals surface area (Å²) in [7, 11) is 4.03. The van der Waals surface area contributed by atoms with Gasteiger partial charge in [0, 0.05) is 43.3 Å². The van der Waals surface area contributed by atoms with Crippen molar-refractivity contribution in [2.75, 3.05) is 43.2 Å². The molecule has 2 rings (SSSR count). The predicted octanol–water partition coefficient (Wildman–Crippen LogP) is 2.41. The fourth-order valence-corrected chi connectivity index (χ4v) is 2.10. The second-order valence-corrected chi connectivity index (χ2v) is 4.90. The monoisotopic (exact) mass is 271 g/mol. The summed E-state index contributed by atoms with van der Waals surface area (Å²) in [5, 5.41) is 12.2. The maximum Gasteiger partial charge on any atom is 0.0604 e. The molecule has 0 bridgehead atoms.